The van der Waals surface area contributed by atoms with E-state index in [1.807, 2.05) is 77.2 Å². The molecule has 0 saturated carbocycles. The number of para-hydroxylation sites is 2. The van der Waals surface area contributed by atoms with E-state index in [9.17, 15) is 9.59 Å². The van der Waals surface area contributed by atoms with Crippen LogP contribution in [0.2, 0.25) is 0 Å². The number of fused-ring (bicyclic) bond motifs is 6. The van der Waals surface area contributed by atoms with Gasteiger partial charge in [-0.15, -0.1) is 11.3 Å². The van der Waals surface area contributed by atoms with Crippen molar-refractivity contribution >= 4 is 40.6 Å². The van der Waals surface area contributed by atoms with Gasteiger partial charge >= 0.3 is 0 Å². The number of amides is 1. The molecule has 3 aliphatic heterocycles. The zero-order chi connectivity index (χ0) is 28.1. The second-order valence-corrected chi connectivity index (χ2v) is 11.3. The molecule has 1 amide bonds. The average Bonchev–Trinajstić information content (AvgIpc) is 3.72. The van der Waals surface area contributed by atoms with Gasteiger partial charge in [0.25, 0.3) is 0 Å². The van der Waals surface area contributed by atoms with Crippen LogP contribution in [0.25, 0.3) is 6.08 Å². The summed E-state index contributed by atoms with van der Waals surface area (Å²) < 4.78 is 5.91. The van der Waals surface area contributed by atoms with Gasteiger partial charge < -0.3 is 15.0 Å². The summed E-state index contributed by atoms with van der Waals surface area (Å²) in [5, 5.41) is 4.93. The van der Waals surface area contributed by atoms with Crippen LogP contribution in [0.3, 0.4) is 0 Å². The normalized spacial score (nSPS) is 23.5. The highest BCUT2D eigenvalue weighted by atomic mass is 32.1. The first-order chi connectivity index (χ1) is 20.1. The molecule has 202 valence electrons. The molecule has 4 atom stereocenters. The molecule has 41 heavy (non-hydrogen) atoms. The third kappa shape index (κ3) is 3.59. The number of anilines is 1. The predicted molar refractivity (Wildman–Crippen MR) is 159 cm³/mol. The molecule has 1 fully saturated rings. The van der Waals surface area contributed by atoms with Crippen molar-refractivity contribution in [3.8, 4) is 5.75 Å². The number of ether oxygens (including phenoxy) is 1. The van der Waals surface area contributed by atoms with E-state index in [0.717, 1.165) is 16.7 Å². The van der Waals surface area contributed by atoms with Crippen LogP contribution in [0, 0.1) is 5.92 Å². The van der Waals surface area contributed by atoms with Crippen molar-refractivity contribution in [2.75, 3.05) is 11.9 Å². The van der Waals surface area contributed by atoms with Gasteiger partial charge in [0.15, 0.2) is 11.6 Å². The van der Waals surface area contributed by atoms with Gasteiger partial charge in [-0.25, -0.2) is 0 Å². The molecule has 4 aromatic rings. The molecule has 3 aromatic carbocycles. The molecule has 1 saturated heterocycles. The number of benzene rings is 3. The van der Waals surface area contributed by atoms with Gasteiger partial charge in [0.2, 0.25) is 5.91 Å². The number of ketones is 2. The minimum absolute atomic E-state index is 0.189. The van der Waals surface area contributed by atoms with E-state index in [2.05, 4.69) is 11.9 Å². The number of nitrogens with zero attached hydrogens (tertiary/aromatic N) is 1. The average molecular weight is 559 g/mol. The largest absolute Gasteiger partial charge is 0.489 e. The van der Waals surface area contributed by atoms with Gasteiger partial charge in [-0.2, -0.15) is 0 Å². The molecule has 0 aliphatic carbocycles. The first kappa shape index (κ1) is 25.2. The van der Waals surface area contributed by atoms with Crippen molar-refractivity contribution in [1.29, 1.82) is 0 Å². The van der Waals surface area contributed by atoms with Gasteiger partial charge in [0.1, 0.15) is 23.8 Å². The maximum atomic E-state index is 15.0. The minimum Gasteiger partial charge on any atom is -0.489 e. The Labute approximate surface area is 241 Å². The molecule has 6 nitrogen and oxygen atoms in total. The number of rotatable bonds is 7. The van der Waals surface area contributed by atoms with Gasteiger partial charge in [-0.3, -0.25) is 14.4 Å². The van der Waals surface area contributed by atoms with E-state index in [-0.39, 0.29) is 24.1 Å². The molecule has 0 radical (unpaired) electrons. The van der Waals surface area contributed by atoms with Crippen molar-refractivity contribution in [1.82, 2.24) is 4.90 Å². The topological polar surface area (TPSA) is 75.7 Å². The first-order valence-corrected chi connectivity index (χ1v) is 14.4. The van der Waals surface area contributed by atoms with Gasteiger partial charge in [-0.05, 0) is 52.4 Å². The van der Waals surface area contributed by atoms with E-state index in [0.29, 0.717) is 21.9 Å². The van der Waals surface area contributed by atoms with Crippen LogP contribution in [-0.2, 0) is 10.2 Å². The smallest absolute Gasteiger partial charge is 0.238 e. The Morgan fingerprint density at radius 1 is 0.976 bits per heavy atom. The summed E-state index contributed by atoms with van der Waals surface area (Å²) in [4.78, 5) is 46.4. The second-order valence-electron chi connectivity index (χ2n) is 10.4. The van der Waals surface area contributed by atoms with Gasteiger partial charge in [-0.1, -0.05) is 73.3 Å². The number of carbonyl (C=O) groups excluding carboxylic acids is 3. The SMILES string of the molecule is C=CCOc1ccccc1C(=O)[C@@H]1[C@H](C(=O)c2cccs2)N2C=Cc3ccccc3[C@@H]2[C@]12C(=O)Nc1ccccc12. The molecular formula is C34H26N2O4S. The lowest BCUT2D eigenvalue weighted by Gasteiger charge is -2.38. The highest BCUT2D eigenvalue weighted by Gasteiger charge is 2.71. The number of nitrogens with one attached hydrogen (secondary N) is 1. The number of Topliss-reactive ketones (excluding diaryl/α,β-unsaturated/α-hetero) is 2. The van der Waals surface area contributed by atoms with Crippen molar-refractivity contribution in [2.45, 2.75) is 17.5 Å². The number of carbonyl (C=O) groups is 3. The van der Waals surface area contributed by atoms with Crippen LogP contribution in [0.5, 0.6) is 5.75 Å². The summed E-state index contributed by atoms with van der Waals surface area (Å²) in [6.45, 7) is 3.95. The van der Waals surface area contributed by atoms with E-state index in [1.165, 1.54) is 11.3 Å². The van der Waals surface area contributed by atoms with E-state index < -0.39 is 23.4 Å². The third-order valence-electron chi connectivity index (χ3n) is 8.39. The molecule has 0 unspecified atom stereocenters. The number of hydrogen-bond donors (Lipinski definition) is 1. The summed E-state index contributed by atoms with van der Waals surface area (Å²) in [7, 11) is 0. The maximum absolute atomic E-state index is 15.0. The number of thiophene rings is 1. The fraction of sp³-hybridized carbons (Fsp3) is 0.147. The lowest BCUT2D eigenvalue weighted by Crippen LogP contribution is -2.49. The summed E-state index contributed by atoms with van der Waals surface area (Å²) in [5.74, 6) is -1.45. The molecule has 7 heteroatoms. The Bertz CT molecular complexity index is 1740. The molecule has 1 aromatic heterocycles. The van der Waals surface area contributed by atoms with Crippen molar-refractivity contribution in [3.05, 3.63) is 136 Å². The zero-order valence-corrected chi connectivity index (χ0v) is 22.8. The second kappa shape index (κ2) is 9.71. The van der Waals surface area contributed by atoms with E-state index in [4.69, 9.17) is 4.74 Å². The summed E-state index contributed by atoms with van der Waals surface area (Å²) >= 11 is 1.34. The molecule has 1 N–H and O–H groups in total. The predicted octanol–water partition coefficient (Wildman–Crippen LogP) is 6.29. The molecular weight excluding hydrogens is 532 g/mol. The Morgan fingerprint density at radius 2 is 1.76 bits per heavy atom. The van der Waals surface area contributed by atoms with Gasteiger partial charge in [0.05, 0.1) is 22.4 Å². The van der Waals surface area contributed by atoms with Crippen LogP contribution >= 0.6 is 11.3 Å². The Kier molecular flexibility index (Phi) is 5.98. The van der Waals surface area contributed by atoms with Crippen molar-refractivity contribution < 1.29 is 19.1 Å². The Morgan fingerprint density at radius 3 is 2.59 bits per heavy atom. The lowest BCUT2D eigenvalue weighted by atomic mass is 9.62. The minimum atomic E-state index is -1.38. The van der Waals surface area contributed by atoms with Crippen LogP contribution in [0.1, 0.15) is 42.8 Å². The monoisotopic (exact) mass is 558 g/mol. The molecule has 4 heterocycles. The highest BCUT2D eigenvalue weighted by molar-refractivity contribution is 7.12. The fourth-order valence-corrected chi connectivity index (χ4v) is 7.54. The molecule has 1 spiro atoms. The quantitative estimate of drug-likeness (QED) is 0.213. The first-order valence-electron chi connectivity index (χ1n) is 13.5. The Hall–Kier alpha value is -4.75. The fourth-order valence-electron chi connectivity index (χ4n) is 6.84. The third-order valence-corrected chi connectivity index (χ3v) is 9.28. The Balaban J connectivity index is 1.53. The maximum Gasteiger partial charge on any atom is 0.238 e. The van der Waals surface area contributed by atoms with Crippen LogP contribution < -0.4 is 10.1 Å². The summed E-state index contributed by atoms with van der Waals surface area (Å²) in [6, 6.07) is 24.5. The van der Waals surface area contributed by atoms with Crippen LogP contribution in [0.4, 0.5) is 5.69 Å². The van der Waals surface area contributed by atoms with Crippen LogP contribution in [0.15, 0.2) is 109 Å². The molecule has 7 rings (SSSR count). The van der Waals surface area contributed by atoms with E-state index >= 15 is 4.79 Å². The summed E-state index contributed by atoms with van der Waals surface area (Å²) in [6.07, 6.45) is 5.46. The van der Waals surface area contributed by atoms with E-state index in [1.54, 1.807) is 36.4 Å². The summed E-state index contributed by atoms with van der Waals surface area (Å²) in [5.41, 5.74) is 2.18. The molecule has 3 aliphatic rings. The lowest BCUT2D eigenvalue weighted by molar-refractivity contribution is -0.122. The zero-order valence-electron chi connectivity index (χ0n) is 22.0. The van der Waals surface area contributed by atoms with Gasteiger partial charge in [0, 0.05) is 11.9 Å². The number of hydrogen-bond acceptors (Lipinski definition) is 6. The standard InChI is InChI=1S/C34H26N2O4S/c1-2-19-40-26-15-8-5-12-23(26)30(37)28-29(31(38)27-16-9-20-41-27)36-18-17-21-10-3-4-11-22(21)32(36)34(28)24-13-6-7-14-25(24)35-33(34)39/h2-18,20,28-29,32H,1,19H2,(H,35,39)/t28-,29+,32+,34+/m0/s1. The van der Waals surface area contributed by atoms with Crippen LogP contribution in [-0.4, -0.2) is 35.0 Å². The molecule has 0 bridgehead atoms. The van der Waals surface area contributed by atoms with Crippen molar-refractivity contribution in [3.63, 3.8) is 0 Å². The highest BCUT2D eigenvalue weighted by Crippen LogP contribution is 2.62. The van der Waals surface area contributed by atoms with Crippen molar-refractivity contribution in [2.24, 2.45) is 5.92 Å².